The van der Waals surface area contributed by atoms with Gasteiger partial charge in [0.25, 0.3) is 5.91 Å². The third-order valence-corrected chi connectivity index (χ3v) is 7.22. The standard InChI is InChI=1S/C22H25N3O4S/c1-3-29-19-11-10-16(14-20(19)30(27,28)25-12-6-7-13-25)24-22(26)21-15(2)23-18-9-5-4-8-17(18)21/h4-5,8-11,14,23H,3,6-7,12-13H2,1-2H3,(H,24,26). The average Bonchev–Trinajstić information content (AvgIpc) is 3.36. The summed E-state index contributed by atoms with van der Waals surface area (Å²) < 4.78 is 33.3. The van der Waals surface area contributed by atoms with Gasteiger partial charge in [0, 0.05) is 35.4 Å². The van der Waals surface area contributed by atoms with E-state index in [9.17, 15) is 13.2 Å². The molecule has 1 aromatic heterocycles. The minimum absolute atomic E-state index is 0.0831. The SMILES string of the molecule is CCOc1ccc(NC(=O)c2c(C)[nH]c3ccccc23)cc1S(=O)(=O)N1CCCC1. The molecule has 30 heavy (non-hydrogen) atoms. The predicted molar refractivity (Wildman–Crippen MR) is 117 cm³/mol. The fourth-order valence-electron chi connectivity index (χ4n) is 3.89. The molecule has 158 valence electrons. The number of aromatic amines is 1. The highest BCUT2D eigenvalue weighted by molar-refractivity contribution is 7.89. The highest BCUT2D eigenvalue weighted by Crippen LogP contribution is 2.32. The molecule has 0 radical (unpaired) electrons. The Labute approximate surface area is 176 Å². The van der Waals surface area contributed by atoms with Gasteiger partial charge in [0.15, 0.2) is 0 Å². The van der Waals surface area contributed by atoms with Crippen molar-refractivity contribution >= 4 is 32.5 Å². The maximum absolute atomic E-state index is 13.2. The molecule has 7 nitrogen and oxygen atoms in total. The van der Waals surface area contributed by atoms with Crippen molar-refractivity contribution in [2.24, 2.45) is 0 Å². The van der Waals surface area contributed by atoms with Crippen LogP contribution in [0.3, 0.4) is 0 Å². The van der Waals surface area contributed by atoms with E-state index in [1.807, 2.05) is 38.1 Å². The van der Waals surface area contributed by atoms with Gasteiger partial charge in [-0.3, -0.25) is 4.79 Å². The number of ether oxygens (including phenoxy) is 1. The first-order valence-corrected chi connectivity index (χ1v) is 11.5. The van der Waals surface area contributed by atoms with E-state index in [1.54, 1.807) is 12.1 Å². The molecule has 8 heteroatoms. The molecule has 2 aromatic carbocycles. The predicted octanol–water partition coefficient (Wildman–Crippen LogP) is 3.91. The number of nitrogens with one attached hydrogen (secondary N) is 2. The van der Waals surface area contributed by atoms with E-state index in [1.165, 1.54) is 10.4 Å². The molecule has 0 saturated carbocycles. The summed E-state index contributed by atoms with van der Waals surface area (Å²) >= 11 is 0. The molecular formula is C22H25N3O4S. The third kappa shape index (κ3) is 3.68. The number of para-hydroxylation sites is 1. The van der Waals surface area contributed by atoms with Crippen molar-refractivity contribution in [3.8, 4) is 5.75 Å². The number of sulfonamides is 1. The van der Waals surface area contributed by atoms with E-state index in [-0.39, 0.29) is 10.8 Å². The van der Waals surface area contributed by atoms with Gasteiger partial charge in [-0.1, -0.05) is 18.2 Å². The third-order valence-electron chi connectivity index (χ3n) is 5.30. The van der Waals surface area contributed by atoms with Crippen LogP contribution in [0.1, 0.15) is 35.8 Å². The molecule has 1 aliphatic heterocycles. The minimum atomic E-state index is -3.70. The normalized spacial score (nSPS) is 14.9. The number of aromatic nitrogens is 1. The number of anilines is 1. The van der Waals surface area contributed by atoms with Gasteiger partial charge in [-0.05, 0) is 51.0 Å². The van der Waals surface area contributed by atoms with E-state index in [2.05, 4.69) is 10.3 Å². The van der Waals surface area contributed by atoms with Crippen LogP contribution in [0.25, 0.3) is 10.9 Å². The number of H-pyrrole nitrogens is 1. The van der Waals surface area contributed by atoms with Crippen molar-refractivity contribution in [3.05, 3.63) is 53.7 Å². The number of hydrogen-bond acceptors (Lipinski definition) is 4. The summed E-state index contributed by atoms with van der Waals surface area (Å²) in [6.45, 7) is 5.00. The van der Waals surface area contributed by atoms with Crippen LogP contribution in [0.15, 0.2) is 47.4 Å². The number of carbonyl (C=O) groups excluding carboxylic acids is 1. The Balaban J connectivity index is 1.69. The number of benzene rings is 2. The first-order chi connectivity index (χ1) is 14.4. The molecule has 2 N–H and O–H groups in total. The van der Waals surface area contributed by atoms with Gasteiger partial charge in [-0.15, -0.1) is 0 Å². The molecule has 0 unspecified atom stereocenters. The lowest BCUT2D eigenvalue weighted by Gasteiger charge is -2.19. The zero-order valence-electron chi connectivity index (χ0n) is 17.1. The molecule has 1 aliphatic rings. The van der Waals surface area contributed by atoms with Gasteiger partial charge in [0.05, 0.1) is 12.2 Å². The fourth-order valence-corrected chi connectivity index (χ4v) is 5.57. The average molecular weight is 428 g/mol. The van der Waals surface area contributed by atoms with Crippen LogP contribution in [-0.4, -0.2) is 43.3 Å². The molecule has 0 bridgehead atoms. The molecule has 1 fully saturated rings. The summed E-state index contributed by atoms with van der Waals surface area (Å²) in [7, 11) is -3.70. The Kier molecular flexibility index (Phi) is 5.53. The van der Waals surface area contributed by atoms with Crippen molar-refractivity contribution in [2.45, 2.75) is 31.6 Å². The number of hydrogen-bond donors (Lipinski definition) is 2. The molecule has 1 saturated heterocycles. The number of nitrogens with zero attached hydrogens (tertiary/aromatic N) is 1. The topological polar surface area (TPSA) is 91.5 Å². The Bertz CT molecular complexity index is 1190. The van der Waals surface area contributed by atoms with Gasteiger partial charge in [0.2, 0.25) is 10.0 Å². The summed E-state index contributed by atoms with van der Waals surface area (Å²) in [5, 5.41) is 3.67. The van der Waals surface area contributed by atoms with E-state index in [4.69, 9.17) is 4.74 Å². The minimum Gasteiger partial charge on any atom is -0.492 e. The second kappa shape index (κ2) is 8.12. The van der Waals surface area contributed by atoms with Crippen molar-refractivity contribution in [1.82, 2.24) is 9.29 Å². The number of fused-ring (bicyclic) bond motifs is 1. The van der Waals surface area contributed by atoms with Crippen LogP contribution in [0.5, 0.6) is 5.75 Å². The molecule has 2 heterocycles. The number of amides is 1. The first-order valence-electron chi connectivity index (χ1n) is 10.1. The van der Waals surface area contributed by atoms with Crippen LogP contribution in [0.2, 0.25) is 0 Å². The molecule has 4 rings (SSSR count). The lowest BCUT2D eigenvalue weighted by Crippen LogP contribution is -2.28. The fraction of sp³-hybridized carbons (Fsp3) is 0.318. The molecule has 1 amide bonds. The van der Waals surface area contributed by atoms with Crippen LogP contribution < -0.4 is 10.1 Å². The van der Waals surface area contributed by atoms with Crippen LogP contribution in [0, 0.1) is 6.92 Å². The number of aryl methyl sites for hydroxylation is 1. The van der Waals surface area contributed by atoms with Crippen LogP contribution in [-0.2, 0) is 10.0 Å². The zero-order chi connectivity index (χ0) is 21.3. The van der Waals surface area contributed by atoms with Gasteiger partial charge in [0.1, 0.15) is 10.6 Å². The van der Waals surface area contributed by atoms with E-state index < -0.39 is 10.0 Å². The van der Waals surface area contributed by atoms with Gasteiger partial charge in [-0.2, -0.15) is 4.31 Å². The zero-order valence-corrected chi connectivity index (χ0v) is 17.9. The highest BCUT2D eigenvalue weighted by Gasteiger charge is 2.30. The second-order valence-electron chi connectivity index (χ2n) is 7.33. The lowest BCUT2D eigenvalue weighted by atomic mass is 10.1. The summed E-state index contributed by atoms with van der Waals surface area (Å²) in [6.07, 6.45) is 1.69. The molecule has 0 aliphatic carbocycles. The van der Waals surface area contributed by atoms with Crippen molar-refractivity contribution in [3.63, 3.8) is 0 Å². The number of carbonyl (C=O) groups is 1. The summed E-state index contributed by atoms with van der Waals surface area (Å²) in [4.78, 5) is 16.3. The molecular weight excluding hydrogens is 402 g/mol. The Morgan fingerprint density at radius 2 is 1.90 bits per heavy atom. The highest BCUT2D eigenvalue weighted by atomic mass is 32.2. The Morgan fingerprint density at radius 1 is 1.17 bits per heavy atom. The second-order valence-corrected chi connectivity index (χ2v) is 9.24. The monoisotopic (exact) mass is 427 g/mol. The van der Waals surface area contributed by atoms with E-state index in [0.717, 1.165) is 29.4 Å². The maximum atomic E-state index is 13.2. The van der Waals surface area contributed by atoms with Gasteiger partial charge < -0.3 is 15.0 Å². The van der Waals surface area contributed by atoms with Gasteiger partial charge >= 0.3 is 0 Å². The smallest absolute Gasteiger partial charge is 0.258 e. The molecule has 0 spiro atoms. The Morgan fingerprint density at radius 3 is 2.63 bits per heavy atom. The molecule has 0 atom stereocenters. The lowest BCUT2D eigenvalue weighted by molar-refractivity contribution is 0.102. The van der Waals surface area contributed by atoms with Crippen LogP contribution in [0.4, 0.5) is 5.69 Å². The first kappa shape index (κ1) is 20.4. The van der Waals surface area contributed by atoms with Crippen LogP contribution >= 0.6 is 0 Å². The maximum Gasteiger partial charge on any atom is 0.258 e. The van der Waals surface area contributed by atoms with E-state index in [0.29, 0.717) is 36.7 Å². The Hall–Kier alpha value is -2.84. The largest absolute Gasteiger partial charge is 0.492 e. The summed E-state index contributed by atoms with van der Waals surface area (Å²) in [6, 6.07) is 12.3. The van der Waals surface area contributed by atoms with Gasteiger partial charge in [-0.25, -0.2) is 8.42 Å². The summed E-state index contributed by atoms with van der Waals surface area (Å²) in [5.41, 5.74) is 2.59. The van der Waals surface area contributed by atoms with Crippen molar-refractivity contribution in [1.29, 1.82) is 0 Å². The van der Waals surface area contributed by atoms with Crippen molar-refractivity contribution in [2.75, 3.05) is 25.0 Å². The number of rotatable bonds is 6. The van der Waals surface area contributed by atoms with E-state index >= 15 is 0 Å². The summed E-state index contributed by atoms with van der Waals surface area (Å²) in [5.74, 6) is 0.00399. The quantitative estimate of drug-likeness (QED) is 0.624. The van der Waals surface area contributed by atoms with Crippen molar-refractivity contribution < 1.29 is 17.9 Å². The molecule has 3 aromatic rings.